The molecule has 0 saturated heterocycles. The molecule has 0 aromatic heterocycles. The molecule has 0 aliphatic rings. The predicted molar refractivity (Wildman–Crippen MR) is 52.5 cm³/mol. The summed E-state index contributed by atoms with van der Waals surface area (Å²) >= 11 is 10.5. The number of rotatable bonds is 5. The largest absolute Gasteiger partial charge is 0.479 e. The normalized spacial score (nSPS) is 11.5. The Morgan fingerprint density at radius 3 is 2.07 bits per heavy atom. The lowest BCUT2D eigenvalue weighted by Gasteiger charge is -2.18. The van der Waals surface area contributed by atoms with Crippen LogP contribution < -0.4 is 0 Å². The van der Waals surface area contributed by atoms with Crippen LogP contribution in [0.2, 0.25) is 0 Å². The number of halogens is 2. The van der Waals surface area contributed by atoms with Crippen LogP contribution in [0.4, 0.5) is 0 Å². The van der Waals surface area contributed by atoms with Crippen LogP contribution in [0.25, 0.3) is 0 Å². The molecular weight excluding hydrogens is 231 g/mol. The Hall–Kier alpha value is -0.480. The first-order valence-corrected chi connectivity index (χ1v) is 4.94. The summed E-state index contributed by atoms with van der Waals surface area (Å²) in [6, 6.07) is 0. The van der Waals surface area contributed by atoms with Gasteiger partial charge < -0.3 is 9.84 Å². The second-order valence-electron chi connectivity index (χ2n) is 2.72. The molecule has 0 bridgehead atoms. The quantitative estimate of drug-likeness (QED) is 0.455. The van der Waals surface area contributed by atoms with Gasteiger partial charge in [0.2, 0.25) is 0 Å². The molecule has 0 rings (SSSR count). The first kappa shape index (κ1) is 13.5. The Balaban J connectivity index is 4.40. The first-order chi connectivity index (χ1) is 6.36. The highest BCUT2D eigenvalue weighted by molar-refractivity contribution is 6.66. The summed E-state index contributed by atoms with van der Waals surface area (Å²) < 4.78 is 2.28. The smallest absolute Gasteiger partial charge is 0.354 e. The summed E-state index contributed by atoms with van der Waals surface area (Å²) in [5, 5.41) is 8.51. The molecule has 0 aliphatic carbocycles. The fourth-order valence-electron chi connectivity index (χ4n) is 0.768. The van der Waals surface area contributed by atoms with E-state index in [1.54, 1.807) is 0 Å². The van der Waals surface area contributed by atoms with Gasteiger partial charge in [-0.2, -0.15) is 0 Å². The van der Waals surface area contributed by atoms with E-state index in [2.05, 4.69) is 0 Å². The lowest BCUT2D eigenvalue weighted by Crippen LogP contribution is -2.38. The van der Waals surface area contributed by atoms with Crippen molar-refractivity contribution in [2.45, 2.75) is 37.1 Å². The number of aliphatic carboxylic acids is 1. The van der Waals surface area contributed by atoms with E-state index in [1.807, 2.05) is 13.8 Å². The second kappa shape index (κ2) is 5.41. The minimum absolute atomic E-state index is 0.348. The van der Waals surface area contributed by atoms with E-state index in [4.69, 9.17) is 33.0 Å². The molecule has 0 radical (unpaired) electrons. The fraction of sp³-hybridized carbons (Fsp3) is 0.750. The molecule has 14 heavy (non-hydrogen) atoms. The van der Waals surface area contributed by atoms with E-state index in [0.29, 0.717) is 12.8 Å². The van der Waals surface area contributed by atoms with Crippen molar-refractivity contribution in [3.63, 3.8) is 0 Å². The number of hydrogen-bond acceptors (Lipinski definition) is 3. The van der Waals surface area contributed by atoms with Crippen molar-refractivity contribution in [2.24, 2.45) is 0 Å². The maximum Gasteiger partial charge on any atom is 0.354 e. The molecule has 0 fully saturated rings. The number of alkyl halides is 2. The van der Waals surface area contributed by atoms with E-state index < -0.39 is 16.3 Å². The third kappa shape index (κ3) is 3.35. The molecule has 0 amide bonds. The van der Waals surface area contributed by atoms with Gasteiger partial charge in [0.25, 0.3) is 0 Å². The van der Waals surface area contributed by atoms with E-state index in [-0.39, 0.29) is 6.10 Å². The van der Waals surface area contributed by atoms with Crippen LogP contribution >= 0.6 is 23.2 Å². The molecule has 0 aliphatic heterocycles. The number of esters is 1. The fourth-order valence-corrected chi connectivity index (χ4v) is 0.857. The van der Waals surface area contributed by atoms with Crippen LogP contribution in [0, 0.1) is 0 Å². The lowest BCUT2D eigenvalue weighted by molar-refractivity contribution is -0.156. The molecule has 0 spiro atoms. The van der Waals surface area contributed by atoms with Crippen LogP contribution in [0.3, 0.4) is 0 Å². The Morgan fingerprint density at radius 2 is 1.79 bits per heavy atom. The van der Waals surface area contributed by atoms with Crippen LogP contribution in [-0.2, 0) is 14.3 Å². The van der Waals surface area contributed by atoms with Crippen LogP contribution in [0.1, 0.15) is 26.7 Å². The van der Waals surface area contributed by atoms with Crippen molar-refractivity contribution in [1.29, 1.82) is 0 Å². The summed E-state index contributed by atoms with van der Waals surface area (Å²) in [6.45, 7) is 3.62. The van der Waals surface area contributed by atoms with Crippen LogP contribution in [0.15, 0.2) is 0 Å². The SMILES string of the molecule is CCC(CC)OC(=O)C(Cl)(Cl)C(=O)O. The highest BCUT2D eigenvalue weighted by atomic mass is 35.5. The molecule has 6 heteroatoms. The molecule has 0 unspecified atom stereocenters. The number of hydrogen-bond donors (Lipinski definition) is 1. The van der Waals surface area contributed by atoms with Crippen molar-refractivity contribution >= 4 is 35.1 Å². The highest BCUT2D eigenvalue weighted by Crippen LogP contribution is 2.24. The average molecular weight is 243 g/mol. The topological polar surface area (TPSA) is 63.6 Å². The maximum atomic E-state index is 11.2. The van der Waals surface area contributed by atoms with Crippen LogP contribution in [-0.4, -0.2) is 27.5 Å². The van der Waals surface area contributed by atoms with Crippen molar-refractivity contribution in [3.05, 3.63) is 0 Å². The Kier molecular flexibility index (Phi) is 5.23. The summed E-state index contributed by atoms with van der Waals surface area (Å²) in [4.78, 5) is 21.6. The monoisotopic (exact) mass is 242 g/mol. The number of carbonyl (C=O) groups is 2. The second-order valence-corrected chi connectivity index (χ2v) is 4.05. The maximum absolute atomic E-state index is 11.2. The first-order valence-electron chi connectivity index (χ1n) is 4.18. The van der Waals surface area contributed by atoms with Gasteiger partial charge in [-0.1, -0.05) is 37.0 Å². The molecule has 4 nitrogen and oxygen atoms in total. The predicted octanol–water partition coefficient (Wildman–Crippen LogP) is 1.98. The number of carboxylic acid groups (broad SMARTS) is 1. The van der Waals surface area contributed by atoms with Gasteiger partial charge in [-0.25, -0.2) is 9.59 Å². The van der Waals surface area contributed by atoms with E-state index >= 15 is 0 Å². The van der Waals surface area contributed by atoms with Crippen molar-refractivity contribution in [2.75, 3.05) is 0 Å². The molecule has 0 aromatic rings. The average Bonchev–Trinajstić information content (AvgIpc) is 2.13. The molecular formula is C8H12Cl2O4. The van der Waals surface area contributed by atoms with Crippen molar-refractivity contribution in [1.82, 2.24) is 0 Å². The summed E-state index contributed by atoms with van der Waals surface area (Å²) in [5.41, 5.74) is 0. The Bertz CT molecular complexity index is 223. The zero-order valence-corrected chi connectivity index (χ0v) is 9.43. The molecule has 0 heterocycles. The summed E-state index contributed by atoms with van der Waals surface area (Å²) in [5.74, 6) is -2.76. The van der Waals surface area contributed by atoms with E-state index in [9.17, 15) is 9.59 Å². The molecule has 0 aromatic carbocycles. The van der Waals surface area contributed by atoms with E-state index in [0.717, 1.165) is 0 Å². The van der Waals surface area contributed by atoms with Gasteiger partial charge in [-0.15, -0.1) is 0 Å². The summed E-state index contributed by atoms with van der Waals surface area (Å²) in [6.07, 6.45) is 0.830. The molecule has 0 atom stereocenters. The highest BCUT2D eigenvalue weighted by Gasteiger charge is 2.45. The van der Waals surface area contributed by atoms with Gasteiger partial charge in [-0.05, 0) is 12.8 Å². The third-order valence-corrected chi connectivity index (χ3v) is 2.34. The minimum Gasteiger partial charge on any atom is -0.479 e. The van der Waals surface area contributed by atoms with Gasteiger partial charge in [0, 0.05) is 0 Å². The van der Waals surface area contributed by atoms with Crippen molar-refractivity contribution < 1.29 is 19.4 Å². The zero-order valence-electron chi connectivity index (χ0n) is 7.92. The summed E-state index contributed by atoms with van der Waals surface area (Å²) in [7, 11) is 0. The molecule has 82 valence electrons. The van der Waals surface area contributed by atoms with Crippen LogP contribution in [0.5, 0.6) is 0 Å². The van der Waals surface area contributed by atoms with Gasteiger partial charge in [-0.3, -0.25) is 0 Å². The lowest BCUT2D eigenvalue weighted by atomic mass is 10.2. The third-order valence-electron chi connectivity index (χ3n) is 1.71. The number of carboxylic acids is 1. The van der Waals surface area contributed by atoms with Gasteiger partial charge in [0.1, 0.15) is 6.10 Å². The van der Waals surface area contributed by atoms with Gasteiger partial charge >= 0.3 is 16.3 Å². The number of ether oxygens (including phenoxy) is 1. The Labute approximate surface area is 92.1 Å². The zero-order chi connectivity index (χ0) is 11.4. The molecule has 1 N–H and O–H groups in total. The minimum atomic E-state index is -2.51. The Morgan fingerprint density at radius 1 is 1.36 bits per heavy atom. The van der Waals surface area contributed by atoms with Gasteiger partial charge in [0.05, 0.1) is 0 Å². The van der Waals surface area contributed by atoms with Gasteiger partial charge in [0.15, 0.2) is 0 Å². The molecule has 0 saturated carbocycles. The van der Waals surface area contributed by atoms with E-state index in [1.165, 1.54) is 0 Å². The standard InChI is InChI=1S/C8H12Cl2O4/c1-3-5(4-2)14-7(13)8(9,10)6(11)12/h5H,3-4H2,1-2H3,(H,11,12). The number of carbonyl (C=O) groups excluding carboxylic acids is 1. The van der Waals surface area contributed by atoms with Crippen molar-refractivity contribution in [3.8, 4) is 0 Å².